The number of morpholine rings is 1. The van der Waals surface area contributed by atoms with Gasteiger partial charge in [-0.3, -0.25) is 19.5 Å². The zero-order chi connectivity index (χ0) is 20.1. The van der Waals surface area contributed by atoms with E-state index in [1.165, 1.54) is 19.4 Å². The van der Waals surface area contributed by atoms with Crippen molar-refractivity contribution in [1.82, 2.24) is 14.7 Å². The Balaban J connectivity index is 1.24. The third-order valence-corrected chi connectivity index (χ3v) is 6.98. The van der Waals surface area contributed by atoms with Crippen LogP contribution in [0.15, 0.2) is 0 Å². The highest BCUT2D eigenvalue weighted by Crippen LogP contribution is 2.31. The molecule has 3 saturated heterocycles. The summed E-state index contributed by atoms with van der Waals surface area (Å²) in [7, 11) is 0. The first kappa shape index (κ1) is 21.5. The molecule has 1 saturated carbocycles. The Morgan fingerprint density at radius 2 is 1.69 bits per heavy atom. The fraction of sp³-hybridized carbons (Fsp3) is 0.955. The van der Waals surface area contributed by atoms with E-state index in [0.29, 0.717) is 6.61 Å². The molecule has 0 aromatic heterocycles. The van der Waals surface area contributed by atoms with Crippen molar-refractivity contribution in [3.8, 4) is 0 Å². The molecule has 0 N–H and O–H groups in total. The Labute approximate surface area is 175 Å². The molecule has 0 aromatic rings. The number of carbonyl (C=O) groups excluding carboxylic acids is 1. The van der Waals surface area contributed by atoms with Gasteiger partial charge in [-0.25, -0.2) is 0 Å². The van der Waals surface area contributed by atoms with Crippen LogP contribution in [0.4, 0.5) is 0 Å². The fourth-order valence-corrected chi connectivity index (χ4v) is 5.29. The van der Waals surface area contributed by atoms with Gasteiger partial charge in [-0.15, -0.1) is 0 Å². The first-order valence-electron chi connectivity index (χ1n) is 11.8. The van der Waals surface area contributed by atoms with Gasteiger partial charge in [0.1, 0.15) is 0 Å². The van der Waals surface area contributed by atoms with E-state index >= 15 is 0 Å². The first-order valence-corrected chi connectivity index (χ1v) is 11.8. The molecule has 0 radical (unpaired) electrons. The summed E-state index contributed by atoms with van der Waals surface area (Å²) in [6.07, 6.45) is 6.69. The molecular weight excluding hydrogens is 370 g/mol. The lowest BCUT2D eigenvalue weighted by molar-refractivity contribution is -0.211. The SMILES string of the molecule is CCOC(=O)[C@H]1CC[C@H](OC(N2CCCC2)N2CC(CN3CCOCC3)C2)CC1. The summed E-state index contributed by atoms with van der Waals surface area (Å²) in [6.45, 7) is 12.0. The predicted molar refractivity (Wildman–Crippen MR) is 110 cm³/mol. The second kappa shape index (κ2) is 10.5. The molecule has 4 aliphatic rings. The molecule has 1 unspecified atom stereocenters. The molecule has 0 amide bonds. The van der Waals surface area contributed by atoms with Crippen molar-refractivity contribution in [3.63, 3.8) is 0 Å². The molecular formula is C22H39N3O4. The highest BCUT2D eigenvalue weighted by atomic mass is 16.5. The van der Waals surface area contributed by atoms with Gasteiger partial charge >= 0.3 is 5.97 Å². The maximum absolute atomic E-state index is 12.0. The number of hydrogen-bond acceptors (Lipinski definition) is 7. The van der Waals surface area contributed by atoms with Crippen molar-refractivity contribution < 1.29 is 19.0 Å². The second-order valence-corrected chi connectivity index (χ2v) is 9.16. The summed E-state index contributed by atoms with van der Waals surface area (Å²) in [4.78, 5) is 19.6. The van der Waals surface area contributed by atoms with Crippen molar-refractivity contribution in [1.29, 1.82) is 0 Å². The van der Waals surface area contributed by atoms with E-state index in [1.54, 1.807) is 0 Å². The van der Waals surface area contributed by atoms with Crippen molar-refractivity contribution in [2.24, 2.45) is 11.8 Å². The van der Waals surface area contributed by atoms with E-state index in [0.717, 1.165) is 84.1 Å². The average Bonchev–Trinajstić information content (AvgIpc) is 3.25. The molecule has 7 nitrogen and oxygen atoms in total. The third kappa shape index (κ3) is 5.70. The first-order chi connectivity index (χ1) is 14.2. The van der Waals surface area contributed by atoms with Gasteiger partial charge in [0, 0.05) is 45.8 Å². The number of hydrogen-bond donors (Lipinski definition) is 0. The Kier molecular flexibility index (Phi) is 7.81. The van der Waals surface area contributed by atoms with Crippen molar-refractivity contribution in [2.45, 2.75) is 57.9 Å². The van der Waals surface area contributed by atoms with Crippen LogP contribution >= 0.6 is 0 Å². The maximum Gasteiger partial charge on any atom is 0.308 e. The van der Waals surface area contributed by atoms with E-state index in [1.807, 2.05) is 6.92 Å². The minimum absolute atomic E-state index is 0.0178. The van der Waals surface area contributed by atoms with Gasteiger partial charge in [-0.05, 0) is 51.4 Å². The number of carbonyl (C=O) groups is 1. The van der Waals surface area contributed by atoms with Crippen LogP contribution in [0.5, 0.6) is 0 Å². The van der Waals surface area contributed by atoms with Crippen LogP contribution in [-0.4, -0.2) is 98.8 Å². The summed E-state index contributed by atoms with van der Waals surface area (Å²) < 4.78 is 17.4. The van der Waals surface area contributed by atoms with Gasteiger partial charge in [-0.1, -0.05) is 0 Å². The standard InChI is InChI=1S/C22H39N3O4/c1-2-28-21(26)19-5-7-20(8-6-19)29-22(24-9-3-4-10-24)25-16-18(17-25)15-23-11-13-27-14-12-23/h18-20,22H,2-17H2,1H3/t19-,20-,22?. The van der Waals surface area contributed by atoms with Crippen molar-refractivity contribution in [3.05, 3.63) is 0 Å². The largest absolute Gasteiger partial charge is 0.466 e. The normalized spacial score (nSPS) is 31.5. The number of ether oxygens (including phenoxy) is 3. The Bertz CT molecular complexity index is 508. The highest BCUT2D eigenvalue weighted by Gasteiger charge is 2.39. The van der Waals surface area contributed by atoms with E-state index in [-0.39, 0.29) is 24.3 Å². The van der Waals surface area contributed by atoms with Gasteiger partial charge in [0.15, 0.2) is 6.35 Å². The lowest BCUT2D eigenvalue weighted by atomic mass is 9.87. The summed E-state index contributed by atoms with van der Waals surface area (Å²) in [5.74, 6) is 0.805. The van der Waals surface area contributed by atoms with Crippen LogP contribution in [0.1, 0.15) is 45.4 Å². The molecule has 0 spiro atoms. The molecule has 0 aromatic carbocycles. The van der Waals surface area contributed by atoms with E-state index in [4.69, 9.17) is 14.2 Å². The number of rotatable bonds is 8. The molecule has 3 heterocycles. The Morgan fingerprint density at radius 1 is 1.00 bits per heavy atom. The van der Waals surface area contributed by atoms with Gasteiger partial charge in [0.2, 0.25) is 0 Å². The van der Waals surface area contributed by atoms with Crippen LogP contribution in [0.3, 0.4) is 0 Å². The minimum atomic E-state index is -0.0178. The monoisotopic (exact) mass is 409 g/mol. The smallest absolute Gasteiger partial charge is 0.308 e. The molecule has 7 heteroatoms. The van der Waals surface area contributed by atoms with Crippen LogP contribution in [0.2, 0.25) is 0 Å². The molecule has 4 fully saturated rings. The van der Waals surface area contributed by atoms with Gasteiger partial charge in [0.25, 0.3) is 0 Å². The Hall–Kier alpha value is -0.730. The van der Waals surface area contributed by atoms with Crippen molar-refractivity contribution >= 4 is 5.97 Å². The molecule has 29 heavy (non-hydrogen) atoms. The molecule has 4 rings (SSSR count). The van der Waals surface area contributed by atoms with E-state index in [2.05, 4.69) is 14.7 Å². The van der Waals surface area contributed by atoms with Crippen LogP contribution in [-0.2, 0) is 19.0 Å². The van der Waals surface area contributed by atoms with E-state index < -0.39 is 0 Å². The van der Waals surface area contributed by atoms with Gasteiger partial charge < -0.3 is 14.2 Å². The molecule has 3 aliphatic heterocycles. The van der Waals surface area contributed by atoms with E-state index in [9.17, 15) is 4.79 Å². The predicted octanol–water partition coefficient (Wildman–Crippen LogP) is 1.77. The fourth-order valence-electron chi connectivity index (χ4n) is 5.29. The minimum Gasteiger partial charge on any atom is -0.466 e. The number of nitrogens with zero attached hydrogens (tertiary/aromatic N) is 3. The van der Waals surface area contributed by atoms with Crippen molar-refractivity contribution in [2.75, 3.05) is 65.6 Å². The summed E-state index contributed by atoms with van der Waals surface area (Å²) in [6, 6.07) is 0. The number of likely N-dealkylation sites (tertiary alicyclic amines) is 2. The maximum atomic E-state index is 12.0. The lowest BCUT2D eigenvalue weighted by Gasteiger charge is -2.49. The van der Waals surface area contributed by atoms with Crippen LogP contribution < -0.4 is 0 Å². The number of esters is 1. The van der Waals surface area contributed by atoms with Crippen LogP contribution in [0.25, 0.3) is 0 Å². The quantitative estimate of drug-likeness (QED) is 0.566. The average molecular weight is 410 g/mol. The second-order valence-electron chi connectivity index (χ2n) is 9.16. The Morgan fingerprint density at radius 3 is 2.34 bits per heavy atom. The molecule has 1 atom stereocenters. The zero-order valence-corrected chi connectivity index (χ0v) is 18.1. The summed E-state index contributed by atoms with van der Waals surface area (Å²) >= 11 is 0. The zero-order valence-electron chi connectivity index (χ0n) is 18.1. The molecule has 166 valence electrons. The lowest BCUT2D eigenvalue weighted by Crippen LogP contribution is -2.61. The van der Waals surface area contributed by atoms with Gasteiger partial charge in [0.05, 0.1) is 31.8 Å². The summed E-state index contributed by atoms with van der Waals surface area (Å²) in [5, 5.41) is 0. The molecule has 1 aliphatic carbocycles. The highest BCUT2D eigenvalue weighted by molar-refractivity contribution is 5.72. The molecule has 0 bridgehead atoms. The van der Waals surface area contributed by atoms with Crippen LogP contribution in [0, 0.1) is 11.8 Å². The van der Waals surface area contributed by atoms with Gasteiger partial charge in [-0.2, -0.15) is 0 Å². The third-order valence-electron chi connectivity index (χ3n) is 6.98. The topological polar surface area (TPSA) is 54.5 Å². The summed E-state index contributed by atoms with van der Waals surface area (Å²) in [5.41, 5.74) is 0.